The molecule has 6 nitrogen and oxygen atoms in total. The molecule has 1 amide bonds. The molecule has 4 bridgehead atoms. The molecule has 6 rings (SSSR count). The molecule has 1 aromatic heterocycles. The molecule has 5 fully saturated rings. The van der Waals surface area contributed by atoms with Crippen LogP contribution in [-0.4, -0.2) is 62.2 Å². The molecule has 4 aliphatic carbocycles. The zero-order valence-corrected chi connectivity index (χ0v) is 17.7. The maximum atomic E-state index is 13.0. The molecule has 1 atom stereocenters. The number of hydrogen-bond donors (Lipinski definition) is 0. The second-order valence-electron chi connectivity index (χ2n) is 10.2. The molecule has 6 heteroatoms. The molecule has 0 spiro atoms. The molecule has 5 aliphatic rings. The molecule has 28 heavy (non-hydrogen) atoms. The molecular formula is C22H35N5O. The van der Waals surface area contributed by atoms with Gasteiger partial charge in [0.2, 0.25) is 5.91 Å². The van der Waals surface area contributed by atoms with Crippen LogP contribution in [0.1, 0.15) is 57.1 Å². The SMILES string of the molecule is Cc1nc(C)n(CC(C)C(=O)N2CCN(C34CC5CC(CC(C5)C3)C4)CC2)n1. The van der Waals surface area contributed by atoms with Crippen molar-refractivity contribution < 1.29 is 4.79 Å². The van der Waals surface area contributed by atoms with E-state index in [1.807, 2.05) is 25.5 Å². The highest BCUT2D eigenvalue weighted by Gasteiger charge is 2.53. The van der Waals surface area contributed by atoms with Gasteiger partial charge in [-0.05, 0) is 70.1 Å². The predicted octanol–water partition coefficient (Wildman–Crippen LogP) is 2.64. The van der Waals surface area contributed by atoms with Crippen LogP contribution >= 0.6 is 0 Å². The molecule has 154 valence electrons. The Balaban J connectivity index is 1.19. The minimum Gasteiger partial charge on any atom is -0.340 e. The maximum absolute atomic E-state index is 13.0. The van der Waals surface area contributed by atoms with Crippen molar-refractivity contribution in [3.63, 3.8) is 0 Å². The number of amides is 1. The first-order chi connectivity index (χ1) is 13.4. The summed E-state index contributed by atoms with van der Waals surface area (Å²) in [4.78, 5) is 22.3. The summed E-state index contributed by atoms with van der Waals surface area (Å²) in [5, 5.41) is 4.42. The molecule has 1 aliphatic heterocycles. The number of nitrogens with zero attached hydrogens (tertiary/aromatic N) is 5. The number of carbonyl (C=O) groups excluding carboxylic acids is 1. The largest absolute Gasteiger partial charge is 0.340 e. The van der Waals surface area contributed by atoms with Crippen molar-refractivity contribution in [3.8, 4) is 0 Å². The van der Waals surface area contributed by atoms with Gasteiger partial charge in [-0.25, -0.2) is 9.67 Å². The standard InChI is InChI=1S/C22H35N5O/c1-15(14-27-17(3)23-16(2)24-27)21(28)25-4-6-26(7-5-25)22-11-18-8-19(12-22)10-20(9-18)13-22/h15,18-20H,4-14H2,1-3H3. The van der Waals surface area contributed by atoms with Crippen LogP contribution in [0.4, 0.5) is 0 Å². The van der Waals surface area contributed by atoms with Crippen molar-refractivity contribution in [3.05, 3.63) is 11.6 Å². The lowest BCUT2D eigenvalue weighted by atomic mass is 9.52. The van der Waals surface area contributed by atoms with Gasteiger partial charge in [0.15, 0.2) is 0 Å². The normalized spacial score (nSPS) is 36.1. The zero-order chi connectivity index (χ0) is 19.5. The number of piperazine rings is 1. The molecule has 2 heterocycles. The highest BCUT2D eigenvalue weighted by molar-refractivity contribution is 5.78. The lowest BCUT2D eigenvalue weighted by Crippen LogP contribution is -2.64. The molecular weight excluding hydrogens is 350 g/mol. The Labute approximate surface area is 168 Å². The van der Waals surface area contributed by atoms with Crippen molar-refractivity contribution in [2.24, 2.45) is 23.7 Å². The third-order valence-electron chi connectivity index (χ3n) is 8.10. The molecule has 1 saturated heterocycles. The summed E-state index contributed by atoms with van der Waals surface area (Å²) >= 11 is 0. The average Bonchev–Trinajstić information content (AvgIpc) is 2.97. The van der Waals surface area contributed by atoms with Gasteiger partial charge in [0.1, 0.15) is 11.6 Å². The van der Waals surface area contributed by atoms with E-state index >= 15 is 0 Å². The Morgan fingerprint density at radius 3 is 2.11 bits per heavy atom. The number of hydrogen-bond acceptors (Lipinski definition) is 4. The second kappa shape index (κ2) is 6.82. The van der Waals surface area contributed by atoms with E-state index in [-0.39, 0.29) is 11.8 Å². The van der Waals surface area contributed by atoms with Gasteiger partial charge in [0.05, 0.1) is 12.5 Å². The predicted molar refractivity (Wildman–Crippen MR) is 108 cm³/mol. The van der Waals surface area contributed by atoms with Gasteiger partial charge in [-0.2, -0.15) is 5.10 Å². The fraction of sp³-hybridized carbons (Fsp3) is 0.864. The third-order valence-corrected chi connectivity index (χ3v) is 8.10. The summed E-state index contributed by atoms with van der Waals surface area (Å²) in [6.07, 6.45) is 8.76. The number of aromatic nitrogens is 3. The van der Waals surface area contributed by atoms with Crippen LogP contribution in [0, 0.1) is 37.5 Å². The van der Waals surface area contributed by atoms with Crippen LogP contribution in [-0.2, 0) is 11.3 Å². The fourth-order valence-corrected chi connectivity index (χ4v) is 7.24. The first kappa shape index (κ1) is 18.6. The van der Waals surface area contributed by atoms with E-state index in [0.717, 1.165) is 55.6 Å². The minimum absolute atomic E-state index is 0.0501. The summed E-state index contributed by atoms with van der Waals surface area (Å²) in [6.45, 7) is 10.4. The molecule has 1 unspecified atom stereocenters. The van der Waals surface area contributed by atoms with Crippen molar-refractivity contribution in [2.45, 2.75) is 71.4 Å². The van der Waals surface area contributed by atoms with Gasteiger partial charge in [-0.1, -0.05) is 6.92 Å². The quantitative estimate of drug-likeness (QED) is 0.800. The van der Waals surface area contributed by atoms with Crippen molar-refractivity contribution in [2.75, 3.05) is 26.2 Å². The third kappa shape index (κ3) is 3.17. The van der Waals surface area contributed by atoms with Gasteiger partial charge < -0.3 is 4.90 Å². The van der Waals surface area contributed by atoms with Crippen LogP contribution in [0.2, 0.25) is 0 Å². The van der Waals surface area contributed by atoms with Crippen molar-refractivity contribution in [1.82, 2.24) is 24.6 Å². The van der Waals surface area contributed by atoms with Gasteiger partial charge in [-0.3, -0.25) is 9.69 Å². The van der Waals surface area contributed by atoms with Crippen LogP contribution in [0.3, 0.4) is 0 Å². The Kier molecular flexibility index (Phi) is 4.53. The first-order valence-corrected chi connectivity index (χ1v) is 11.3. The topological polar surface area (TPSA) is 54.3 Å². The fourth-order valence-electron chi connectivity index (χ4n) is 7.24. The van der Waals surface area contributed by atoms with E-state index in [1.54, 1.807) is 0 Å². The molecule has 4 saturated carbocycles. The van der Waals surface area contributed by atoms with Crippen LogP contribution < -0.4 is 0 Å². The first-order valence-electron chi connectivity index (χ1n) is 11.3. The van der Waals surface area contributed by atoms with E-state index in [2.05, 4.69) is 19.9 Å². The summed E-state index contributed by atoms with van der Waals surface area (Å²) in [5.74, 6) is 4.86. The monoisotopic (exact) mass is 385 g/mol. The van der Waals surface area contributed by atoms with E-state index in [9.17, 15) is 4.79 Å². The Bertz CT molecular complexity index is 713. The van der Waals surface area contributed by atoms with Gasteiger partial charge in [0, 0.05) is 31.7 Å². The van der Waals surface area contributed by atoms with Gasteiger partial charge in [-0.15, -0.1) is 0 Å². The van der Waals surface area contributed by atoms with E-state index in [1.165, 1.54) is 38.5 Å². The summed E-state index contributed by atoms with van der Waals surface area (Å²) < 4.78 is 1.88. The Morgan fingerprint density at radius 1 is 1.04 bits per heavy atom. The number of aryl methyl sites for hydroxylation is 2. The Morgan fingerprint density at radius 2 is 1.61 bits per heavy atom. The molecule has 0 aromatic carbocycles. The second-order valence-corrected chi connectivity index (χ2v) is 10.2. The van der Waals surface area contributed by atoms with E-state index < -0.39 is 0 Å². The van der Waals surface area contributed by atoms with Crippen LogP contribution in [0.15, 0.2) is 0 Å². The summed E-state index contributed by atoms with van der Waals surface area (Å²) in [5.41, 5.74) is 0.477. The summed E-state index contributed by atoms with van der Waals surface area (Å²) in [6, 6.07) is 0. The zero-order valence-electron chi connectivity index (χ0n) is 17.7. The highest BCUT2D eigenvalue weighted by atomic mass is 16.2. The average molecular weight is 386 g/mol. The molecule has 1 aromatic rings. The Hall–Kier alpha value is -1.43. The van der Waals surface area contributed by atoms with Crippen LogP contribution in [0.5, 0.6) is 0 Å². The van der Waals surface area contributed by atoms with Crippen LogP contribution in [0.25, 0.3) is 0 Å². The lowest BCUT2D eigenvalue weighted by Gasteiger charge is -2.61. The number of rotatable bonds is 4. The van der Waals surface area contributed by atoms with Gasteiger partial charge in [0.25, 0.3) is 0 Å². The molecule has 0 radical (unpaired) electrons. The lowest BCUT2D eigenvalue weighted by molar-refractivity contribution is -0.142. The van der Waals surface area contributed by atoms with Crippen molar-refractivity contribution >= 4 is 5.91 Å². The van der Waals surface area contributed by atoms with E-state index in [4.69, 9.17) is 0 Å². The minimum atomic E-state index is -0.0501. The smallest absolute Gasteiger partial charge is 0.227 e. The number of carbonyl (C=O) groups is 1. The summed E-state index contributed by atoms with van der Waals surface area (Å²) in [7, 11) is 0. The maximum Gasteiger partial charge on any atom is 0.227 e. The van der Waals surface area contributed by atoms with Gasteiger partial charge >= 0.3 is 0 Å². The van der Waals surface area contributed by atoms with E-state index in [0.29, 0.717) is 12.1 Å². The van der Waals surface area contributed by atoms with Crippen molar-refractivity contribution in [1.29, 1.82) is 0 Å². The highest BCUT2D eigenvalue weighted by Crippen LogP contribution is 2.57. The molecule has 0 N–H and O–H groups in total.